The third kappa shape index (κ3) is 3.55. The largest absolute Gasteiger partial charge is 0.389 e. The predicted molar refractivity (Wildman–Crippen MR) is 64.1 cm³/mol. The Morgan fingerprint density at radius 2 is 2.20 bits per heavy atom. The van der Waals surface area contributed by atoms with Gasteiger partial charge in [-0.15, -0.1) is 11.3 Å². The van der Waals surface area contributed by atoms with Crippen LogP contribution < -0.4 is 5.32 Å². The summed E-state index contributed by atoms with van der Waals surface area (Å²) >= 11 is 1.61. The quantitative estimate of drug-likeness (QED) is 0.734. The third-order valence-electron chi connectivity index (χ3n) is 2.17. The zero-order valence-corrected chi connectivity index (χ0v) is 10.5. The van der Waals surface area contributed by atoms with Gasteiger partial charge in [0.15, 0.2) is 0 Å². The van der Waals surface area contributed by atoms with E-state index in [1.165, 1.54) is 4.88 Å². The topological polar surface area (TPSA) is 45.1 Å². The first-order valence-corrected chi connectivity index (χ1v) is 6.30. The van der Waals surface area contributed by atoms with E-state index in [1.54, 1.807) is 11.3 Å². The minimum absolute atomic E-state index is 0.0537. The van der Waals surface area contributed by atoms with Crippen molar-refractivity contribution in [2.24, 2.45) is 0 Å². The summed E-state index contributed by atoms with van der Waals surface area (Å²) in [5.41, 5.74) is 1.13. The van der Waals surface area contributed by atoms with Gasteiger partial charge >= 0.3 is 0 Å². The van der Waals surface area contributed by atoms with E-state index >= 15 is 0 Å². The van der Waals surface area contributed by atoms with Gasteiger partial charge in [0.25, 0.3) is 0 Å². The van der Waals surface area contributed by atoms with E-state index in [4.69, 9.17) is 5.11 Å². The van der Waals surface area contributed by atoms with Gasteiger partial charge in [-0.3, -0.25) is 0 Å². The number of aliphatic hydroxyl groups excluding tert-OH is 1. The van der Waals surface area contributed by atoms with Crippen LogP contribution in [0.5, 0.6) is 0 Å². The molecular formula is C11H20N2OS. The van der Waals surface area contributed by atoms with Crippen molar-refractivity contribution < 1.29 is 5.11 Å². The monoisotopic (exact) mass is 228 g/mol. The summed E-state index contributed by atoms with van der Waals surface area (Å²) in [6.45, 7) is 8.39. The van der Waals surface area contributed by atoms with E-state index in [1.807, 2.05) is 0 Å². The molecule has 0 aliphatic carbocycles. The minimum Gasteiger partial charge on any atom is -0.389 e. The maximum Gasteiger partial charge on any atom is 0.119 e. The summed E-state index contributed by atoms with van der Waals surface area (Å²) in [6.07, 6.45) is 1.14. The van der Waals surface area contributed by atoms with Crippen LogP contribution in [0.4, 0.5) is 0 Å². The molecule has 15 heavy (non-hydrogen) atoms. The first-order valence-electron chi connectivity index (χ1n) is 5.49. The number of hydrogen-bond acceptors (Lipinski definition) is 4. The molecule has 0 aliphatic rings. The summed E-state index contributed by atoms with van der Waals surface area (Å²) in [6, 6.07) is 0. The molecule has 0 fully saturated rings. The standard InChI is InChI=1S/C11H20N2OS/c1-4-5-12-6-9-11(8(2)3)13-10(7-14)15-9/h8,12,14H,4-7H2,1-3H3. The molecule has 0 spiro atoms. The number of nitrogens with one attached hydrogen (secondary N) is 1. The number of nitrogens with zero attached hydrogens (tertiary/aromatic N) is 1. The summed E-state index contributed by atoms with van der Waals surface area (Å²) < 4.78 is 0. The van der Waals surface area contributed by atoms with Crippen molar-refractivity contribution in [1.29, 1.82) is 0 Å². The molecule has 0 saturated heterocycles. The van der Waals surface area contributed by atoms with Crippen LogP contribution in [-0.2, 0) is 13.2 Å². The number of thiazole rings is 1. The average Bonchev–Trinajstić information content (AvgIpc) is 2.62. The molecule has 0 bridgehead atoms. The number of aromatic nitrogens is 1. The van der Waals surface area contributed by atoms with Gasteiger partial charge in [-0.1, -0.05) is 20.8 Å². The highest BCUT2D eigenvalue weighted by molar-refractivity contribution is 7.11. The van der Waals surface area contributed by atoms with Crippen LogP contribution >= 0.6 is 11.3 Å². The van der Waals surface area contributed by atoms with Crippen LogP contribution in [0.15, 0.2) is 0 Å². The molecule has 2 N–H and O–H groups in total. The molecule has 0 saturated carbocycles. The van der Waals surface area contributed by atoms with Gasteiger partial charge in [-0.2, -0.15) is 0 Å². The van der Waals surface area contributed by atoms with Gasteiger partial charge in [-0.05, 0) is 18.9 Å². The lowest BCUT2D eigenvalue weighted by Crippen LogP contribution is -2.14. The van der Waals surface area contributed by atoms with Crippen molar-refractivity contribution in [2.75, 3.05) is 6.54 Å². The summed E-state index contributed by atoms with van der Waals surface area (Å²) in [7, 11) is 0. The second-order valence-corrected chi connectivity index (χ2v) is 5.07. The van der Waals surface area contributed by atoms with Crippen molar-refractivity contribution in [3.63, 3.8) is 0 Å². The Morgan fingerprint density at radius 1 is 1.47 bits per heavy atom. The Morgan fingerprint density at radius 3 is 2.73 bits per heavy atom. The van der Waals surface area contributed by atoms with E-state index in [9.17, 15) is 0 Å². The Balaban J connectivity index is 2.70. The molecule has 1 heterocycles. The Hall–Kier alpha value is -0.450. The predicted octanol–water partition coefficient (Wildman–Crippen LogP) is 2.26. The number of aliphatic hydroxyl groups is 1. The molecule has 0 aromatic carbocycles. The molecule has 86 valence electrons. The first-order chi connectivity index (χ1) is 7.19. The van der Waals surface area contributed by atoms with E-state index in [0.717, 1.165) is 30.2 Å². The van der Waals surface area contributed by atoms with Crippen molar-refractivity contribution in [3.8, 4) is 0 Å². The van der Waals surface area contributed by atoms with Gasteiger partial charge in [0.05, 0.1) is 12.3 Å². The molecule has 1 rings (SSSR count). The fourth-order valence-electron chi connectivity index (χ4n) is 1.44. The highest BCUT2D eigenvalue weighted by Gasteiger charge is 2.12. The normalized spacial score (nSPS) is 11.3. The molecule has 4 heteroatoms. The maximum absolute atomic E-state index is 9.06. The van der Waals surface area contributed by atoms with Gasteiger partial charge < -0.3 is 10.4 Å². The van der Waals surface area contributed by atoms with E-state index in [-0.39, 0.29) is 6.61 Å². The van der Waals surface area contributed by atoms with Crippen molar-refractivity contribution in [1.82, 2.24) is 10.3 Å². The van der Waals surface area contributed by atoms with Crippen LogP contribution in [0, 0.1) is 0 Å². The van der Waals surface area contributed by atoms with Crippen LogP contribution in [0.2, 0.25) is 0 Å². The van der Waals surface area contributed by atoms with Crippen LogP contribution in [0.3, 0.4) is 0 Å². The fourth-order valence-corrected chi connectivity index (χ4v) is 2.49. The lowest BCUT2D eigenvalue weighted by Gasteiger charge is -2.05. The van der Waals surface area contributed by atoms with Gasteiger partial charge in [0.2, 0.25) is 0 Å². The van der Waals surface area contributed by atoms with Gasteiger partial charge in [0.1, 0.15) is 5.01 Å². The van der Waals surface area contributed by atoms with Crippen molar-refractivity contribution in [2.45, 2.75) is 46.3 Å². The molecule has 1 aromatic rings. The first kappa shape index (κ1) is 12.6. The van der Waals surface area contributed by atoms with E-state index in [0.29, 0.717) is 5.92 Å². The molecular weight excluding hydrogens is 208 g/mol. The van der Waals surface area contributed by atoms with E-state index in [2.05, 4.69) is 31.1 Å². The fraction of sp³-hybridized carbons (Fsp3) is 0.727. The highest BCUT2D eigenvalue weighted by atomic mass is 32.1. The molecule has 0 unspecified atom stereocenters. The second-order valence-electron chi connectivity index (χ2n) is 3.91. The zero-order chi connectivity index (χ0) is 11.3. The smallest absolute Gasteiger partial charge is 0.119 e. The SMILES string of the molecule is CCCNCc1sc(CO)nc1C(C)C. The molecule has 0 amide bonds. The molecule has 0 radical (unpaired) electrons. The molecule has 0 aliphatic heterocycles. The maximum atomic E-state index is 9.06. The molecule has 3 nitrogen and oxygen atoms in total. The lowest BCUT2D eigenvalue weighted by atomic mass is 10.1. The average molecular weight is 228 g/mol. The lowest BCUT2D eigenvalue weighted by molar-refractivity contribution is 0.281. The second kappa shape index (κ2) is 6.20. The molecule has 1 aromatic heterocycles. The Kier molecular flexibility index (Phi) is 5.22. The Bertz CT molecular complexity index is 297. The van der Waals surface area contributed by atoms with Crippen molar-refractivity contribution >= 4 is 11.3 Å². The number of rotatable bonds is 6. The summed E-state index contributed by atoms with van der Waals surface area (Å²) in [5, 5.41) is 13.3. The summed E-state index contributed by atoms with van der Waals surface area (Å²) in [4.78, 5) is 5.70. The summed E-state index contributed by atoms with van der Waals surface area (Å²) in [5.74, 6) is 0.431. The van der Waals surface area contributed by atoms with Crippen molar-refractivity contribution in [3.05, 3.63) is 15.6 Å². The Labute approximate surface area is 95.6 Å². The number of hydrogen-bond donors (Lipinski definition) is 2. The third-order valence-corrected chi connectivity index (χ3v) is 3.22. The van der Waals surface area contributed by atoms with Gasteiger partial charge in [0, 0.05) is 11.4 Å². The van der Waals surface area contributed by atoms with E-state index < -0.39 is 0 Å². The molecule has 0 atom stereocenters. The minimum atomic E-state index is 0.0537. The van der Waals surface area contributed by atoms with Gasteiger partial charge in [-0.25, -0.2) is 4.98 Å². The zero-order valence-electron chi connectivity index (χ0n) is 9.71. The van der Waals surface area contributed by atoms with Crippen LogP contribution in [0.25, 0.3) is 0 Å². The van der Waals surface area contributed by atoms with Crippen LogP contribution in [0.1, 0.15) is 48.7 Å². The highest BCUT2D eigenvalue weighted by Crippen LogP contribution is 2.25. The van der Waals surface area contributed by atoms with Crippen LogP contribution in [-0.4, -0.2) is 16.6 Å².